The molecule has 1 N–H and O–H groups in total. The Balaban J connectivity index is 1.72. The number of fused-ring (bicyclic) bond motifs is 1. The van der Waals surface area contributed by atoms with E-state index < -0.39 is 0 Å². The third-order valence-corrected chi connectivity index (χ3v) is 5.12. The Kier molecular flexibility index (Phi) is 3.71. The fourth-order valence-corrected chi connectivity index (χ4v) is 3.59. The van der Waals surface area contributed by atoms with Gasteiger partial charge in [0.2, 0.25) is 0 Å². The lowest BCUT2D eigenvalue weighted by molar-refractivity contribution is 0.385. The highest BCUT2D eigenvalue weighted by Gasteiger charge is 2.24. The molecule has 0 aliphatic heterocycles. The lowest BCUT2D eigenvalue weighted by atomic mass is 9.93. The third-order valence-electron chi connectivity index (χ3n) is 3.79. The Morgan fingerprint density at radius 2 is 2.47 bits per heavy atom. The molecule has 0 amide bonds. The molecule has 2 atom stereocenters. The van der Waals surface area contributed by atoms with Crippen LogP contribution in [-0.2, 0) is 12.8 Å². The van der Waals surface area contributed by atoms with Crippen molar-refractivity contribution in [2.45, 2.75) is 51.6 Å². The van der Waals surface area contributed by atoms with Gasteiger partial charge in [-0.15, -0.1) is 11.3 Å². The Labute approximate surface area is 118 Å². The number of furan rings is 1. The van der Waals surface area contributed by atoms with E-state index in [-0.39, 0.29) is 0 Å². The molecule has 2 unspecified atom stereocenters. The van der Waals surface area contributed by atoms with Gasteiger partial charge in [-0.3, -0.25) is 0 Å². The van der Waals surface area contributed by atoms with Crippen LogP contribution in [0.4, 0.5) is 0 Å². The number of aromatic nitrogens is 1. The molecule has 0 aromatic carbocycles. The molecule has 0 spiro atoms. The summed E-state index contributed by atoms with van der Waals surface area (Å²) in [6.07, 6.45) is 8.34. The van der Waals surface area contributed by atoms with E-state index in [0.29, 0.717) is 12.1 Å². The predicted octanol–water partition coefficient (Wildman–Crippen LogP) is 4.03. The summed E-state index contributed by atoms with van der Waals surface area (Å²) in [7, 11) is 0. The number of hydrogen-bond acceptors (Lipinski definition) is 4. The molecule has 1 aliphatic rings. The summed E-state index contributed by atoms with van der Waals surface area (Å²) in [5.74, 6) is 1.16. The zero-order valence-corrected chi connectivity index (χ0v) is 12.3. The minimum absolute atomic E-state index is 0.302. The zero-order chi connectivity index (χ0) is 13.2. The van der Waals surface area contributed by atoms with Gasteiger partial charge in [0.05, 0.1) is 12.3 Å². The first kappa shape index (κ1) is 12.9. The van der Waals surface area contributed by atoms with Gasteiger partial charge in [-0.1, -0.05) is 6.92 Å². The highest BCUT2D eigenvalue weighted by Crippen LogP contribution is 2.33. The second-order valence-electron chi connectivity index (χ2n) is 5.15. The van der Waals surface area contributed by atoms with Crippen LogP contribution in [-0.4, -0.2) is 4.98 Å². The molecule has 2 heterocycles. The summed E-state index contributed by atoms with van der Waals surface area (Å²) in [4.78, 5) is 5.89. The van der Waals surface area contributed by atoms with Gasteiger partial charge < -0.3 is 9.73 Å². The van der Waals surface area contributed by atoms with E-state index in [4.69, 9.17) is 4.42 Å². The molecular weight excluding hydrogens is 256 g/mol. The minimum Gasteiger partial charge on any atom is -0.469 e. The van der Waals surface area contributed by atoms with Crippen molar-refractivity contribution < 1.29 is 4.42 Å². The maximum Gasteiger partial charge on any atom is 0.109 e. The normalized spacial score (nSPS) is 20.2. The Bertz CT molecular complexity index is 546. The maximum absolute atomic E-state index is 5.54. The van der Waals surface area contributed by atoms with Gasteiger partial charge in [0.15, 0.2) is 0 Å². The largest absolute Gasteiger partial charge is 0.469 e. The van der Waals surface area contributed by atoms with Gasteiger partial charge in [0, 0.05) is 29.1 Å². The molecule has 0 fully saturated rings. The van der Waals surface area contributed by atoms with E-state index in [1.165, 1.54) is 28.3 Å². The zero-order valence-electron chi connectivity index (χ0n) is 11.5. The van der Waals surface area contributed by atoms with Crippen molar-refractivity contribution in [3.05, 3.63) is 39.7 Å². The second kappa shape index (κ2) is 5.47. The first-order valence-corrected chi connectivity index (χ1v) is 7.86. The van der Waals surface area contributed by atoms with Gasteiger partial charge in [-0.05, 0) is 32.3 Å². The average molecular weight is 276 g/mol. The number of nitrogens with zero attached hydrogens (tertiary/aromatic N) is 1. The molecule has 19 heavy (non-hydrogen) atoms. The van der Waals surface area contributed by atoms with Crippen molar-refractivity contribution in [2.24, 2.45) is 0 Å². The summed E-state index contributed by atoms with van der Waals surface area (Å²) in [5.41, 5.74) is 1.34. The van der Waals surface area contributed by atoms with Crippen LogP contribution in [0.5, 0.6) is 0 Å². The van der Waals surface area contributed by atoms with Crippen molar-refractivity contribution in [2.75, 3.05) is 0 Å². The van der Waals surface area contributed by atoms with E-state index in [1.807, 2.05) is 23.8 Å². The number of nitrogens with one attached hydrogen (secondary N) is 1. The SMILES string of the molecule is CCc1cnc(C(C)NC2CCCc3occc32)s1. The van der Waals surface area contributed by atoms with Crippen LogP contribution in [0.2, 0.25) is 0 Å². The Hall–Kier alpha value is -1.13. The van der Waals surface area contributed by atoms with Crippen LogP contribution in [0, 0.1) is 0 Å². The van der Waals surface area contributed by atoms with Crippen LogP contribution in [0.25, 0.3) is 0 Å². The number of thiazole rings is 1. The van der Waals surface area contributed by atoms with Gasteiger partial charge in [0.1, 0.15) is 10.8 Å². The summed E-state index contributed by atoms with van der Waals surface area (Å²) in [6, 6.07) is 2.82. The first-order valence-electron chi connectivity index (χ1n) is 7.05. The molecule has 3 rings (SSSR count). The topological polar surface area (TPSA) is 38.1 Å². The highest BCUT2D eigenvalue weighted by atomic mass is 32.1. The predicted molar refractivity (Wildman–Crippen MR) is 77.4 cm³/mol. The summed E-state index contributed by atoms with van der Waals surface area (Å²) >= 11 is 1.82. The molecule has 3 nitrogen and oxygen atoms in total. The number of hydrogen-bond donors (Lipinski definition) is 1. The summed E-state index contributed by atoms with van der Waals surface area (Å²) in [6.45, 7) is 4.38. The van der Waals surface area contributed by atoms with Crippen LogP contribution in [0.15, 0.2) is 22.9 Å². The van der Waals surface area contributed by atoms with E-state index in [1.54, 1.807) is 0 Å². The van der Waals surface area contributed by atoms with Crippen molar-refractivity contribution in [3.8, 4) is 0 Å². The lowest BCUT2D eigenvalue weighted by Crippen LogP contribution is -2.27. The monoisotopic (exact) mass is 276 g/mol. The molecule has 1 aliphatic carbocycles. The second-order valence-corrected chi connectivity index (χ2v) is 6.30. The third kappa shape index (κ3) is 2.60. The van der Waals surface area contributed by atoms with E-state index in [0.717, 1.165) is 18.6 Å². The van der Waals surface area contributed by atoms with Gasteiger partial charge >= 0.3 is 0 Å². The highest BCUT2D eigenvalue weighted by molar-refractivity contribution is 7.11. The first-order chi connectivity index (χ1) is 9.28. The van der Waals surface area contributed by atoms with E-state index >= 15 is 0 Å². The quantitative estimate of drug-likeness (QED) is 0.916. The van der Waals surface area contributed by atoms with Crippen LogP contribution < -0.4 is 5.32 Å². The lowest BCUT2D eigenvalue weighted by Gasteiger charge is -2.25. The van der Waals surface area contributed by atoms with E-state index in [2.05, 4.69) is 30.2 Å². The molecule has 0 radical (unpaired) electrons. The number of aryl methyl sites for hydroxylation is 2. The summed E-state index contributed by atoms with van der Waals surface area (Å²) in [5, 5.41) is 4.89. The molecule has 0 bridgehead atoms. The van der Waals surface area contributed by atoms with Crippen LogP contribution >= 0.6 is 11.3 Å². The minimum atomic E-state index is 0.302. The summed E-state index contributed by atoms with van der Waals surface area (Å²) < 4.78 is 5.54. The fourth-order valence-electron chi connectivity index (χ4n) is 2.72. The van der Waals surface area contributed by atoms with Crippen molar-refractivity contribution in [1.82, 2.24) is 10.3 Å². The molecular formula is C15H20N2OS. The van der Waals surface area contributed by atoms with Gasteiger partial charge in [-0.2, -0.15) is 0 Å². The molecule has 2 aromatic rings. The van der Waals surface area contributed by atoms with Crippen LogP contribution in [0.3, 0.4) is 0 Å². The molecule has 0 saturated carbocycles. The molecule has 2 aromatic heterocycles. The molecule has 0 saturated heterocycles. The Morgan fingerprint density at radius 1 is 1.58 bits per heavy atom. The van der Waals surface area contributed by atoms with Crippen LogP contribution in [0.1, 0.15) is 60.0 Å². The smallest absolute Gasteiger partial charge is 0.109 e. The van der Waals surface area contributed by atoms with Crippen molar-refractivity contribution in [3.63, 3.8) is 0 Å². The standard InChI is InChI=1S/C15H20N2OS/c1-3-11-9-16-15(19-11)10(2)17-13-5-4-6-14-12(13)7-8-18-14/h7-10,13,17H,3-6H2,1-2H3. The molecule has 4 heteroatoms. The van der Waals surface area contributed by atoms with Crippen molar-refractivity contribution >= 4 is 11.3 Å². The average Bonchev–Trinajstić information content (AvgIpc) is 3.08. The van der Waals surface area contributed by atoms with Gasteiger partial charge in [-0.25, -0.2) is 4.98 Å². The molecule has 102 valence electrons. The fraction of sp³-hybridized carbons (Fsp3) is 0.533. The van der Waals surface area contributed by atoms with E-state index in [9.17, 15) is 0 Å². The maximum atomic E-state index is 5.54. The van der Waals surface area contributed by atoms with Gasteiger partial charge in [0.25, 0.3) is 0 Å². The van der Waals surface area contributed by atoms with Crippen molar-refractivity contribution in [1.29, 1.82) is 0 Å². The Morgan fingerprint density at radius 3 is 3.26 bits per heavy atom. The number of rotatable bonds is 4.